The van der Waals surface area contributed by atoms with Crippen LogP contribution in [0.5, 0.6) is 5.75 Å². The molecule has 0 aliphatic carbocycles. The van der Waals surface area contributed by atoms with Gasteiger partial charge in [0.2, 0.25) is 0 Å². The van der Waals surface area contributed by atoms with Gasteiger partial charge in [-0.1, -0.05) is 30.3 Å². The molecular formula is C20H19NO5. The van der Waals surface area contributed by atoms with E-state index in [1.807, 2.05) is 6.07 Å². The van der Waals surface area contributed by atoms with Crippen molar-refractivity contribution in [2.45, 2.75) is 6.04 Å². The van der Waals surface area contributed by atoms with E-state index in [4.69, 9.17) is 4.74 Å². The Morgan fingerprint density at radius 1 is 1.08 bits per heavy atom. The fourth-order valence-electron chi connectivity index (χ4n) is 3.10. The number of benzene rings is 2. The van der Waals surface area contributed by atoms with Crippen LogP contribution in [0.4, 0.5) is 0 Å². The van der Waals surface area contributed by atoms with Gasteiger partial charge in [0.1, 0.15) is 11.5 Å². The van der Waals surface area contributed by atoms with Crippen LogP contribution in [0.25, 0.3) is 5.76 Å². The first kappa shape index (κ1) is 17.7. The number of hydrogen-bond donors (Lipinski definition) is 2. The molecule has 0 spiro atoms. The molecule has 0 aromatic heterocycles. The number of amides is 1. The number of ketones is 1. The topological polar surface area (TPSA) is 87.1 Å². The smallest absolute Gasteiger partial charge is 0.295 e. The summed E-state index contributed by atoms with van der Waals surface area (Å²) in [6, 6.07) is 14.8. The van der Waals surface area contributed by atoms with Gasteiger partial charge in [0.25, 0.3) is 11.7 Å². The minimum Gasteiger partial charge on any atom is -0.507 e. The summed E-state index contributed by atoms with van der Waals surface area (Å²) in [6.45, 7) is -0.275. The van der Waals surface area contributed by atoms with Crippen LogP contribution in [0.15, 0.2) is 60.2 Å². The molecule has 1 aliphatic rings. The van der Waals surface area contributed by atoms with Crippen LogP contribution in [0.1, 0.15) is 17.2 Å². The van der Waals surface area contributed by atoms with Crippen molar-refractivity contribution in [1.29, 1.82) is 0 Å². The lowest BCUT2D eigenvalue weighted by Gasteiger charge is -2.24. The number of ether oxygens (including phenoxy) is 1. The van der Waals surface area contributed by atoms with Crippen molar-refractivity contribution in [2.24, 2.45) is 0 Å². The number of likely N-dealkylation sites (tertiary alicyclic amines) is 1. The van der Waals surface area contributed by atoms with Crippen LogP contribution in [-0.2, 0) is 9.59 Å². The minimum atomic E-state index is -0.763. The molecule has 1 aliphatic heterocycles. The van der Waals surface area contributed by atoms with Crippen molar-refractivity contribution in [1.82, 2.24) is 4.90 Å². The molecule has 3 rings (SSSR count). The molecule has 2 aromatic rings. The molecule has 1 atom stereocenters. The lowest BCUT2D eigenvalue weighted by atomic mass is 9.95. The van der Waals surface area contributed by atoms with Gasteiger partial charge in [0.15, 0.2) is 0 Å². The fourth-order valence-corrected chi connectivity index (χ4v) is 3.10. The van der Waals surface area contributed by atoms with E-state index < -0.39 is 17.7 Å². The molecular weight excluding hydrogens is 334 g/mol. The number of Topliss-reactive ketones (excluding diaryl/α,β-unsaturated/α-hetero) is 1. The standard InChI is InChI=1S/C20H19NO5/c1-26-15-9-7-14(8-10-15)18(23)16-17(13-5-3-2-4-6-13)21(11-12-22)20(25)19(16)24/h2-10,17,22-23H,11-12H2,1H3. The second-order valence-corrected chi connectivity index (χ2v) is 5.86. The number of β-amino-alcohol motifs (C(OH)–C–C–N with tert-alkyl or cyclic N) is 1. The number of nitrogens with zero attached hydrogens (tertiary/aromatic N) is 1. The number of carbonyl (C=O) groups excluding carboxylic acids is 2. The summed E-state index contributed by atoms with van der Waals surface area (Å²) in [7, 11) is 1.53. The molecule has 1 amide bonds. The van der Waals surface area contributed by atoms with Gasteiger partial charge in [-0.2, -0.15) is 0 Å². The maximum absolute atomic E-state index is 12.6. The highest BCUT2D eigenvalue weighted by atomic mass is 16.5. The summed E-state index contributed by atoms with van der Waals surface area (Å²) in [5.74, 6) is -1.13. The van der Waals surface area contributed by atoms with Gasteiger partial charge >= 0.3 is 0 Å². The van der Waals surface area contributed by atoms with Gasteiger partial charge in [-0.25, -0.2) is 0 Å². The zero-order valence-electron chi connectivity index (χ0n) is 14.3. The average Bonchev–Trinajstić information content (AvgIpc) is 2.93. The Kier molecular flexibility index (Phi) is 5.04. The Morgan fingerprint density at radius 3 is 2.31 bits per heavy atom. The monoisotopic (exact) mass is 353 g/mol. The normalized spacial score (nSPS) is 19.0. The van der Waals surface area contributed by atoms with Gasteiger partial charge in [-0.05, 0) is 29.8 Å². The second kappa shape index (κ2) is 7.41. The van der Waals surface area contributed by atoms with Crippen molar-refractivity contribution in [3.8, 4) is 5.75 Å². The first-order chi connectivity index (χ1) is 12.6. The molecule has 0 bridgehead atoms. The number of carbonyl (C=O) groups is 2. The molecule has 0 saturated carbocycles. The Labute approximate surface area is 150 Å². The number of methoxy groups -OCH3 is 1. The minimum absolute atomic E-state index is 0.00350. The lowest BCUT2D eigenvalue weighted by Crippen LogP contribution is -2.32. The number of hydrogen-bond acceptors (Lipinski definition) is 5. The van der Waals surface area contributed by atoms with Gasteiger partial charge < -0.3 is 19.8 Å². The zero-order valence-corrected chi connectivity index (χ0v) is 14.3. The third kappa shape index (κ3) is 3.07. The zero-order chi connectivity index (χ0) is 18.7. The molecule has 6 nitrogen and oxygen atoms in total. The maximum Gasteiger partial charge on any atom is 0.295 e. The highest BCUT2D eigenvalue weighted by Crippen LogP contribution is 2.39. The molecule has 134 valence electrons. The molecule has 1 fully saturated rings. The molecule has 2 aromatic carbocycles. The van der Waals surface area contributed by atoms with Gasteiger partial charge in [0.05, 0.1) is 25.3 Å². The first-order valence-electron chi connectivity index (χ1n) is 8.17. The summed E-state index contributed by atoms with van der Waals surface area (Å²) < 4.78 is 5.10. The summed E-state index contributed by atoms with van der Waals surface area (Å²) in [4.78, 5) is 26.3. The molecule has 26 heavy (non-hydrogen) atoms. The highest BCUT2D eigenvalue weighted by molar-refractivity contribution is 6.46. The van der Waals surface area contributed by atoms with E-state index in [-0.39, 0.29) is 24.5 Å². The molecule has 1 heterocycles. The SMILES string of the molecule is COc1ccc(C(O)=C2C(=O)C(=O)N(CCO)C2c2ccccc2)cc1. The summed E-state index contributed by atoms with van der Waals surface area (Å²) in [5, 5.41) is 20.1. The Bertz CT molecular complexity index is 842. The van der Waals surface area contributed by atoms with Crippen LogP contribution in [0, 0.1) is 0 Å². The molecule has 2 N–H and O–H groups in total. The van der Waals surface area contributed by atoms with Gasteiger partial charge in [-0.3, -0.25) is 9.59 Å². The molecule has 1 unspecified atom stereocenters. The van der Waals surface area contributed by atoms with Crippen molar-refractivity contribution in [3.05, 3.63) is 71.3 Å². The van der Waals surface area contributed by atoms with Crippen molar-refractivity contribution in [2.75, 3.05) is 20.3 Å². The third-order valence-electron chi connectivity index (χ3n) is 4.36. The van der Waals surface area contributed by atoms with E-state index in [0.717, 1.165) is 0 Å². The van der Waals surface area contributed by atoms with Crippen LogP contribution in [-0.4, -0.2) is 47.1 Å². The number of rotatable bonds is 5. The summed E-state index contributed by atoms with van der Waals surface area (Å²) in [6.07, 6.45) is 0. The first-order valence-corrected chi connectivity index (χ1v) is 8.17. The fraction of sp³-hybridized carbons (Fsp3) is 0.200. The van der Waals surface area contributed by atoms with Crippen molar-refractivity contribution in [3.63, 3.8) is 0 Å². The molecule has 6 heteroatoms. The number of aliphatic hydroxyl groups is 2. The van der Waals surface area contributed by atoms with Crippen LogP contribution in [0.3, 0.4) is 0 Å². The van der Waals surface area contributed by atoms with Gasteiger partial charge in [0, 0.05) is 12.1 Å². The highest BCUT2D eigenvalue weighted by Gasteiger charge is 2.45. The third-order valence-corrected chi connectivity index (χ3v) is 4.36. The lowest BCUT2D eigenvalue weighted by molar-refractivity contribution is -0.140. The van der Waals surface area contributed by atoms with Crippen LogP contribution >= 0.6 is 0 Å². The Hall–Kier alpha value is -3.12. The Balaban J connectivity index is 2.14. The summed E-state index contributed by atoms with van der Waals surface area (Å²) >= 11 is 0. The maximum atomic E-state index is 12.6. The Morgan fingerprint density at radius 2 is 1.73 bits per heavy atom. The van der Waals surface area contributed by atoms with Gasteiger partial charge in [-0.15, -0.1) is 0 Å². The second-order valence-electron chi connectivity index (χ2n) is 5.86. The van der Waals surface area contributed by atoms with E-state index in [0.29, 0.717) is 16.9 Å². The molecule has 1 saturated heterocycles. The van der Waals surface area contributed by atoms with Crippen molar-refractivity contribution >= 4 is 17.4 Å². The number of aliphatic hydroxyl groups excluding tert-OH is 2. The predicted molar refractivity (Wildman–Crippen MR) is 95.5 cm³/mol. The van der Waals surface area contributed by atoms with E-state index in [2.05, 4.69) is 0 Å². The van der Waals surface area contributed by atoms with Crippen LogP contribution in [0.2, 0.25) is 0 Å². The largest absolute Gasteiger partial charge is 0.507 e. The summed E-state index contributed by atoms with van der Waals surface area (Å²) in [5.41, 5.74) is 1.11. The quantitative estimate of drug-likeness (QED) is 0.488. The van der Waals surface area contributed by atoms with Crippen LogP contribution < -0.4 is 4.74 Å². The van der Waals surface area contributed by atoms with E-state index in [1.165, 1.54) is 12.0 Å². The van der Waals surface area contributed by atoms with E-state index in [1.54, 1.807) is 48.5 Å². The molecule has 0 radical (unpaired) electrons. The van der Waals surface area contributed by atoms with E-state index >= 15 is 0 Å². The average molecular weight is 353 g/mol. The predicted octanol–water partition coefficient (Wildman–Crippen LogP) is 2.11. The van der Waals surface area contributed by atoms with E-state index in [9.17, 15) is 19.8 Å². The van der Waals surface area contributed by atoms with Crippen molar-refractivity contribution < 1.29 is 24.5 Å².